The van der Waals surface area contributed by atoms with E-state index in [2.05, 4.69) is 40.2 Å². The molecule has 0 aliphatic carbocycles. The number of nitrogens with zero attached hydrogens (tertiary/aromatic N) is 3. The molecule has 1 fully saturated rings. The average molecular weight is 365 g/mol. The fourth-order valence-corrected chi connectivity index (χ4v) is 4.07. The van der Waals surface area contributed by atoms with E-state index in [-0.39, 0.29) is 12.0 Å². The molecular formula is C22H27N3O2. The van der Waals surface area contributed by atoms with Gasteiger partial charge in [-0.1, -0.05) is 30.3 Å². The second kappa shape index (κ2) is 8.09. The smallest absolute Gasteiger partial charge is 0.255 e. The van der Waals surface area contributed by atoms with Crippen LogP contribution in [0.3, 0.4) is 0 Å². The molecule has 0 atom stereocenters. The van der Waals surface area contributed by atoms with Gasteiger partial charge in [0.05, 0.1) is 23.0 Å². The van der Waals surface area contributed by atoms with Crippen molar-refractivity contribution >= 4 is 11.6 Å². The van der Waals surface area contributed by atoms with Gasteiger partial charge >= 0.3 is 0 Å². The number of carbonyl (C=O) groups excluding carboxylic acids is 1. The summed E-state index contributed by atoms with van der Waals surface area (Å²) in [6.07, 6.45) is 5.92. The molecule has 0 N–H and O–H groups in total. The number of amides is 1. The van der Waals surface area contributed by atoms with E-state index in [0.29, 0.717) is 5.56 Å². The van der Waals surface area contributed by atoms with Crippen molar-refractivity contribution < 1.29 is 9.53 Å². The van der Waals surface area contributed by atoms with Gasteiger partial charge in [0, 0.05) is 39.5 Å². The van der Waals surface area contributed by atoms with E-state index >= 15 is 0 Å². The Labute approximate surface area is 161 Å². The van der Waals surface area contributed by atoms with Crippen LogP contribution in [-0.4, -0.2) is 48.6 Å². The van der Waals surface area contributed by atoms with Gasteiger partial charge in [-0.15, -0.1) is 0 Å². The fourth-order valence-electron chi connectivity index (χ4n) is 4.07. The molecule has 0 radical (unpaired) electrons. The van der Waals surface area contributed by atoms with Crippen LogP contribution in [-0.2, 0) is 17.7 Å². The maximum absolute atomic E-state index is 13.0. The lowest BCUT2D eigenvalue weighted by atomic mass is 10.0. The van der Waals surface area contributed by atoms with Crippen LogP contribution in [0.1, 0.15) is 40.9 Å². The first-order valence-electron chi connectivity index (χ1n) is 9.84. The average Bonchev–Trinajstić information content (AvgIpc) is 2.74. The van der Waals surface area contributed by atoms with Gasteiger partial charge in [0.15, 0.2) is 0 Å². The second-order valence-corrected chi connectivity index (χ2v) is 7.43. The van der Waals surface area contributed by atoms with E-state index < -0.39 is 0 Å². The van der Waals surface area contributed by atoms with E-state index in [9.17, 15) is 4.79 Å². The molecule has 1 saturated heterocycles. The van der Waals surface area contributed by atoms with Crippen molar-refractivity contribution in [3.05, 3.63) is 59.4 Å². The summed E-state index contributed by atoms with van der Waals surface area (Å²) in [6, 6.07) is 12.5. The normalized spacial score (nSPS) is 17.7. The Morgan fingerprint density at radius 2 is 1.96 bits per heavy atom. The monoisotopic (exact) mass is 365 g/mol. The summed E-state index contributed by atoms with van der Waals surface area (Å²) in [5, 5.41) is 0. The number of carbonyl (C=O) groups is 1. The van der Waals surface area contributed by atoms with Crippen LogP contribution < -0.4 is 4.90 Å². The summed E-state index contributed by atoms with van der Waals surface area (Å²) < 4.78 is 5.41. The standard InChI is InChI=1S/C22H27N3O2/c1-27-19-9-12-24(13-10-19)22(26)18-14-21-20(23-15-18)8-5-11-25(21)16-17-6-3-2-4-7-17/h2-4,6-7,14-15,19H,5,8-13,16H2,1H3. The zero-order chi connectivity index (χ0) is 18.6. The number of likely N-dealkylation sites (tertiary alicyclic amines) is 1. The third-order valence-corrected chi connectivity index (χ3v) is 5.66. The number of anilines is 1. The van der Waals surface area contributed by atoms with Gasteiger partial charge in [0.2, 0.25) is 0 Å². The summed E-state index contributed by atoms with van der Waals surface area (Å²) in [4.78, 5) is 21.9. The quantitative estimate of drug-likeness (QED) is 0.834. The minimum absolute atomic E-state index is 0.0880. The third-order valence-electron chi connectivity index (χ3n) is 5.66. The van der Waals surface area contributed by atoms with E-state index in [4.69, 9.17) is 4.74 Å². The molecule has 2 aliphatic rings. The lowest BCUT2D eigenvalue weighted by Crippen LogP contribution is -2.40. The molecule has 1 amide bonds. The van der Waals surface area contributed by atoms with Crippen molar-refractivity contribution in [1.82, 2.24) is 9.88 Å². The first-order chi connectivity index (χ1) is 13.2. The molecule has 0 saturated carbocycles. The van der Waals surface area contributed by atoms with Crippen LogP contribution in [0.25, 0.3) is 0 Å². The molecule has 5 heteroatoms. The summed E-state index contributed by atoms with van der Waals surface area (Å²) >= 11 is 0. The maximum atomic E-state index is 13.0. The molecule has 0 spiro atoms. The number of benzene rings is 1. The molecule has 1 aromatic heterocycles. The van der Waals surface area contributed by atoms with Gasteiger partial charge in [-0.2, -0.15) is 0 Å². The van der Waals surface area contributed by atoms with Gasteiger partial charge in [-0.05, 0) is 37.3 Å². The third kappa shape index (κ3) is 3.98. The summed E-state index contributed by atoms with van der Waals surface area (Å²) in [6.45, 7) is 3.36. The highest BCUT2D eigenvalue weighted by atomic mass is 16.5. The minimum atomic E-state index is 0.0880. The van der Waals surface area contributed by atoms with Crippen LogP contribution >= 0.6 is 0 Å². The molecular weight excluding hydrogens is 338 g/mol. The van der Waals surface area contributed by atoms with Crippen molar-refractivity contribution in [3.63, 3.8) is 0 Å². The number of rotatable bonds is 4. The number of hydrogen-bond donors (Lipinski definition) is 0. The van der Waals surface area contributed by atoms with Gasteiger partial charge < -0.3 is 14.5 Å². The van der Waals surface area contributed by atoms with E-state index in [1.165, 1.54) is 5.56 Å². The zero-order valence-electron chi connectivity index (χ0n) is 15.9. The molecule has 27 heavy (non-hydrogen) atoms. The molecule has 5 nitrogen and oxygen atoms in total. The number of piperidine rings is 1. The molecule has 4 rings (SSSR count). The number of pyridine rings is 1. The van der Waals surface area contributed by atoms with Crippen LogP contribution in [0.15, 0.2) is 42.6 Å². The molecule has 1 aromatic carbocycles. The van der Waals surface area contributed by atoms with E-state index in [0.717, 1.165) is 63.2 Å². The van der Waals surface area contributed by atoms with E-state index in [1.54, 1.807) is 13.3 Å². The molecule has 2 aliphatic heterocycles. The van der Waals surface area contributed by atoms with Crippen LogP contribution in [0.4, 0.5) is 5.69 Å². The van der Waals surface area contributed by atoms with Crippen molar-refractivity contribution in [1.29, 1.82) is 0 Å². The molecule has 0 unspecified atom stereocenters. The number of aromatic nitrogens is 1. The van der Waals surface area contributed by atoms with Gasteiger partial charge in [0.25, 0.3) is 5.91 Å². The molecule has 0 bridgehead atoms. The van der Waals surface area contributed by atoms with Crippen molar-refractivity contribution in [2.24, 2.45) is 0 Å². The fraction of sp³-hybridized carbons (Fsp3) is 0.455. The Kier molecular flexibility index (Phi) is 5.39. The minimum Gasteiger partial charge on any atom is -0.381 e. The number of methoxy groups -OCH3 is 1. The summed E-state index contributed by atoms with van der Waals surface area (Å²) in [7, 11) is 1.75. The Morgan fingerprint density at radius 1 is 1.19 bits per heavy atom. The first-order valence-corrected chi connectivity index (χ1v) is 9.84. The van der Waals surface area contributed by atoms with Crippen molar-refractivity contribution in [2.75, 3.05) is 31.6 Å². The second-order valence-electron chi connectivity index (χ2n) is 7.43. The van der Waals surface area contributed by atoms with Crippen LogP contribution in [0.5, 0.6) is 0 Å². The summed E-state index contributed by atoms with van der Waals surface area (Å²) in [5.74, 6) is 0.0880. The topological polar surface area (TPSA) is 45.7 Å². The predicted molar refractivity (Wildman–Crippen MR) is 106 cm³/mol. The number of hydrogen-bond acceptors (Lipinski definition) is 4. The van der Waals surface area contributed by atoms with Crippen molar-refractivity contribution in [3.8, 4) is 0 Å². The highest BCUT2D eigenvalue weighted by molar-refractivity contribution is 5.95. The Bertz CT molecular complexity index is 785. The lowest BCUT2D eigenvalue weighted by Gasteiger charge is -2.33. The summed E-state index contributed by atoms with van der Waals surface area (Å²) in [5.41, 5.74) is 4.20. The van der Waals surface area contributed by atoms with Crippen LogP contribution in [0, 0.1) is 0 Å². The molecule has 142 valence electrons. The highest BCUT2D eigenvalue weighted by Gasteiger charge is 2.26. The zero-order valence-corrected chi connectivity index (χ0v) is 15.9. The van der Waals surface area contributed by atoms with E-state index in [1.807, 2.05) is 11.0 Å². The Morgan fingerprint density at radius 3 is 2.70 bits per heavy atom. The van der Waals surface area contributed by atoms with Gasteiger partial charge in [-0.3, -0.25) is 9.78 Å². The maximum Gasteiger partial charge on any atom is 0.255 e. The van der Waals surface area contributed by atoms with Crippen LogP contribution in [0.2, 0.25) is 0 Å². The Hall–Kier alpha value is -2.40. The van der Waals surface area contributed by atoms with Gasteiger partial charge in [0.1, 0.15) is 0 Å². The molecule has 2 aromatic rings. The largest absolute Gasteiger partial charge is 0.381 e. The van der Waals surface area contributed by atoms with Gasteiger partial charge in [-0.25, -0.2) is 0 Å². The van der Waals surface area contributed by atoms with Crippen molar-refractivity contribution in [2.45, 2.75) is 38.3 Å². The number of aryl methyl sites for hydroxylation is 1. The SMILES string of the molecule is COC1CCN(C(=O)c2cnc3c(c2)N(Cc2ccccc2)CCC3)CC1. The first kappa shape index (κ1) is 18.0. The Balaban J connectivity index is 1.53. The highest BCUT2D eigenvalue weighted by Crippen LogP contribution is 2.28. The molecule has 3 heterocycles. The lowest BCUT2D eigenvalue weighted by molar-refractivity contribution is 0.0350. The predicted octanol–water partition coefficient (Wildman–Crippen LogP) is 3.29. The number of fused-ring (bicyclic) bond motifs is 1. The number of ether oxygens (including phenoxy) is 1.